The highest BCUT2D eigenvalue weighted by Crippen LogP contribution is 2.38. The maximum Gasteiger partial charge on any atom is 0.243 e. The molecule has 0 aromatic heterocycles. The summed E-state index contributed by atoms with van der Waals surface area (Å²) in [5, 5.41) is 3.05. The van der Waals surface area contributed by atoms with Crippen molar-refractivity contribution in [3.05, 3.63) is 0 Å². The molecule has 3 atom stereocenters. The van der Waals surface area contributed by atoms with Crippen LogP contribution in [0.2, 0.25) is 0 Å². The van der Waals surface area contributed by atoms with Gasteiger partial charge in [-0.05, 0) is 51.4 Å². The van der Waals surface area contributed by atoms with E-state index in [1.807, 2.05) is 0 Å². The molecule has 5 nitrogen and oxygen atoms in total. The Morgan fingerprint density at radius 3 is 2.04 bits per heavy atom. The summed E-state index contributed by atoms with van der Waals surface area (Å²) in [5.74, 6) is -0.0568. The van der Waals surface area contributed by atoms with Crippen molar-refractivity contribution in [1.29, 1.82) is 0 Å². The zero-order valence-corrected chi connectivity index (χ0v) is 14.2. The summed E-state index contributed by atoms with van der Waals surface area (Å²) in [7, 11) is 0. The molecular formula is C18H28N2O3. The van der Waals surface area contributed by atoms with Gasteiger partial charge in [0, 0.05) is 6.04 Å². The standard InChI is InChI=1S/C18H28N2O3/c1-11-7-9-13(10-8-11)19-16(21)12(2)20-17(22)14-5-3-4-6-15(14)18(20)23/h11-15H,3-10H2,1-2H3,(H,19,21)/t11?,12-,13?,14?,15?/m1/s1. The Bertz CT molecular complexity index is 472. The van der Waals surface area contributed by atoms with Crippen LogP contribution in [-0.2, 0) is 14.4 Å². The molecule has 3 aliphatic rings. The number of hydrogen-bond donors (Lipinski definition) is 1. The molecule has 2 unspecified atom stereocenters. The minimum absolute atomic E-state index is 0.125. The van der Waals surface area contributed by atoms with E-state index < -0.39 is 6.04 Å². The van der Waals surface area contributed by atoms with Gasteiger partial charge in [0.15, 0.2) is 0 Å². The molecule has 1 saturated heterocycles. The topological polar surface area (TPSA) is 66.5 Å². The number of carbonyl (C=O) groups excluding carboxylic acids is 3. The molecule has 3 rings (SSSR count). The van der Waals surface area contributed by atoms with Crippen molar-refractivity contribution in [2.24, 2.45) is 17.8 Å². The number of amides is 3. The molecule has 1 N–H and O–H groups in total. The van der Waals surface area contributed by atoms with Crippen molar-refractivity contribution < 1.29 is 14.4 Å². The van der Waals surface area contributed by atoms with Crippen LogP contribution in [0.4, 0.5) is 0 Å². The van der Waals surface area contributed by atoms with Crippen molar-refractivity contribution in [2.45, 2.75) is 77.3 Å². The molecule has 1 heterocycles. The van der Waals surface area contributed by atoms with Crippen molar-refractivity contribution >= 4 is 17.7 Å². The van der Waals surface area contributed by atoms with Gasteiger partial charge in [0.1, 0.15) is 6.04 Å². The van der Waals surface area contributed by atoms with Gasteiger partial charge >= 0.3 is 0 Å². The molecule has 0 aromatic carbocycles. The first kappa shape index (κ1) is 16.5. The second-order valence-corrected chi connectivity index (χ2v) is 7.69. The second-order valence-electron chi connectivity index (χ2n) is 7.69. The Kier molecular flexibility index (Phi) is 4.74. The predicted molar refractivity (Wildman–Crippen MR) is 86.3 cm³/mol. The fraction of sp³-hybridized carbons (Fsp3) is 0.833. The van der Waals surface area contributed by atoms with E-state index in [1.165, 1.54) is 4.90 Å². The molecule has 1 aliphatic heterocycles. The van der Waals surface area contributed by atoms with Crippen LogP contribution in [0, 0.1) is 17.8 Å². The van der Waals surface area contributed by atoms with Crippen LogP contribution in [-0.4, -0.2) is 34.7 Å². The molecule has 0 radical (unpaired) electrons. The molecule has 2 saturated carbocycles. The van der Waals surface area contributed by atoms with Gasteiger partial charge < -0.3 is 5.32 Å². The lowest BCUT2D eigenvalue weighted by molar-refractivity contribution is -0.147. The summed E-state index contributed by atoms with van der Waals surface area (Å²) < 4.78 is 0. The third-order valence-corrected chi connectivity index (χ3v) is 6.00. The number of nitrogens with zero attached hydrogens (tertiary/aromatic N) is 1. The highest BCUT2D eigenvalue weighted by Gasteiger charge is 2.50. The van der Waals surface area contributed by atoms with Crippen LogP contribution in [0.5, 0.6) is 0 Å². The van der Waals surface area contributed by atoms with Crippen LogP contribution in [0.25, 0.3) is 0 Å². The normalized spacial score (nSPS) is 35.8. The van der Waals surface area contributed by atoms with Gasteiger partial charge in [-0.3, -0.25) is 19.3 Å². The lowest BCUT2D eigenvalue weighted by Crippen LogP contribution is -2.51. The Hall–Kier alpha value is -1.39. The predicted octanol–water partition coefficient (Wildman–Crippen LogP) is 2.24. The first-order valence-corrected chi connectivity index (χ1v) is 9.16. The van der Waals surface area contributed by atoms with E-state index in [4.69, 9.17) is 0 Å². The van der Waals surface area contributed by atoms with E-state index in [9.17, 15) is 14.4 Å². The summed E-state index contributed by atoms with van der Waals surface area (Å²) in [5.41, 5.74) is 0. The largest absolute Gasteiger partial charge is 0.352 e. The Labute approximate surface area is 138 Å². The van der Waals surface area contributed by atoms with E-state index in [0.29, 0.717) is 0 Å². The number of likely N-dealkylation sites (tertiary alicyclic amines) is 1. The maximum absolute atomic E-state index is 12.6. The first-order valence-electron chi connectivity index (χ1n) is 9.16. The maximum atomic E-state index is 12.6. The minimum Gasteiger partial charge on any atom is -0.352 e. The average Bonchev–Trinajstić information content (AvgIpc) is 2.81. The van der Waals surface area contributed by atoms with Crippen LogP contribution in [0.15, 0.2) is 0 Å². The number of imide groups is 1. The molecule has 3 fully saturated rings. The zero-order chi connectivity index (χ0) is 16.6. The summed E-state index contributed by atoms with van der Waals surface area (Å²) in [4.78, 5) is 38.9. The SMILES string of the molecule is CC1CCC(NC(=O)[C@@H](C)N2C(=O)C3CCCCC3C2=O)CC1. The quantitative estimate of drug-likeness (QED) is 0.811. The van der Waals surface area contributed by atoms with Gasteiger partial charge in [0.05, 0.1) is 11.8 Å². The van der Waals surface area contributed by atoms with E-state index >= 15 is 0 Å². The number of carbonyl (C=O) groups is 3. The molecule has 5 heteroatoms. The monoisotopic (exact) mass is 320 g/mol. The van der Waals surface area contributed by atoms with Crippen LogP contribution < -0.4 is 5.32 Å². The number of rotatable bonds is 3. The highest BCUT2D eigenvalue weighted by molar-refractivity contribution is 6.08. The van der Waals surface area contributed by atoms with Gasteiger partial charge in [0.25, 0.3) is 0 Å². The fourth-order valence-electron chi connectivity index (χ4n) is 4.41. The first-order chi connectivity index (χ1) is 11.0. The smallest absolute Gasteiger partial charge is 0.243 e. The van der Waals surface area contributed by atoms with Crippen LogP contribution in [0.1, 0.15) is 65.2 Å². The zero-order valence-electron chi connectivity index (χ0n) is 14.2. The van der Waals surface area contributed by atoms with Gasteiger partial charge in [-0.15, -0.1) is 0 Å². The summed E-state index contributed by atoms with van der Waals surface area (Å²) in [6.45, 7) is 3.93. The minimum atomic E-state index is -0.681. The number of fused-ring (bicyclic) bond motifs is 1. The second kappa shape index (κ2) is 6.62. The number of hydrogen-bond acceptors (Lipinski definition) is 3. The van der Waals surface area contributed by atoms with E-state index in [1.54, 1.807) is 6.92 Å². The van der Waals surface area contributed by atoms with Crippen LogP contribution >= 0.6 is 0 Å². The molecule has 3 amide bonds. The van der Waals surface area contributed by atoms with Gasteiger partial charge in [0.2, 0.25) is 17.7 Å². The fourth-order valence-corrected chi connectivity index (χ4v) is 4.41. The van der Waals surface area contributed by atoms with E-state index in [2.05, 4.69) is 12.2 Å². The van der Waals surface area contributed by atoms with E-state index in [-0.39, 0.29) is 35.6 Å². The third kappa shape index (κ3) is 3.15. The van der Waals surface area contributed by atoms with Crippen molar-refractivity contribution in [3.63, 3.8) is 0 Å². The molecule has 0 bridgehead atoms. The molecule has 23 heavy (non-hydrogen) atoms. The number of nitrogens with one attached hydrogen (secondary N) is 1. The summed E-state index contributed by atoms with van der Waals surface area (Å²) in [6, 6.07) is -0.490. The molecule has 2 aliphatic carbocycles. The highest BCUT2D eigenvalue weighted by atomic mass is 16.2. The van der Waals surface area contributed by atoms with Crippen molar-refractivity contribution in [3.8, 4) is 0 Å². The molecule has 128 valence electrons. The lowest BCUT2D eigenvalue weighted by atomic mass is 9.81. The summed E-state index contributed by atoms with van der Waals surface area (Å²) in [6.07, 6.45) is 7.85. The van der Waals surface area contributed by atoms with E-state index in [0.717, 1.165) is 57.3 Å². The summed E-state index contributed by atoms with van der Waals surface area (Å²) >= 11 is 0. The average molecular weight is 320 g/mol. The third-order valence-electron chi connectivity index (χ3n) is 6.00. The van der Waals surface area contributed by atoms with Gasteiger partial charge in [-0.2, -0.15) is 0 Å². The van der Waals surface area contributed by atoms with Crippen LogP contribution in [0.3, 0.4) is 0 Å². The van der Waals surface area contributed by atoms with Gasteiger partial charge in [-0.1, -0.05) is 19.8 Å². The Morgan fingerprint density at radius 1 is 1.00 bits per heavy atom. The molecular weight excluding hydrogens is 292 g/mol. The van der Waals surface area contributed by atoms with Crippen molar-refractivity contribution in [2.75, 3.05) is 0 Å². The molecule has 0 spiro atoms. The Balaban J connectivity index is 1.62. The van der Waals surface area contributed by atoms with Gasteiger partial charge in [-0.25, -0.2) is 0 Å². The Morgan fingerprint density at radius 2 is 1.52 bits per heavy atom. The van der Waals surface area contributed by atoms with Crippen molar-refractivity contribution in [1.82, 2.24) is 10.2 Å². The molecule has 0 aromatic rings. The lowest BCUT2D eigenvalue weighted by Gasteiger charge is -2.29.